The Kier molecular flexibility index (Phi) is 6.16. The summed E-state index contributed by atoms with van der Waals surface area (Å²) in [5.74, 6) is 0.393. The molecule has 0 spiro atoms. The van der Waals surface area contributed by atoms with Crippen molar-refractivity contribution in [2.24, 2.45) is 5.92 Å². The van der Waals surface area contributed by atoms with Gasteiger partial charge in [0.2, 0.25) is 0 Å². The van der Waals surface area contributed by atoms with Gasteiger partial charge in [-0.05, 0) is 68.6 Å². The summed E-state index contributed by atoms with van der Waals surface area (Å²) in [6, 6.07) is 6.61. The van der Waals surface area contributed by atoms with Crippen LogP contribution in [-0.2, 0) is 6.54 Å². The Hall–Kier alpha value is -1.44. The molecule has 21 heavy (non-hydrogen) atoms. The average molecular weight is 289 g/mol. The lowest BCUT2D eigenvalue weighted by Gasteiger charge is -2.30. The van der Waals surface area contributed by atoms with Crippen LogP contribution in [-0.4, -0.2) is 31.1 Å². The van der Waals surface area contributed by atoms with Crippen molar-refractivity contribution in [3.63, 3.8) is 0 Å². The van der Waals surface area contributed by atoms with E-state index in [-0.39, 0.29) is 5.82 Å². The van der Waals surface area contributed by atoms with E-state index in [1.165, 1.54) is 25.0 Å². The van der Waals surface area contributed by atoms with Gasteiger partial charge in [-0.15, -0.1) is 0 Å². The first-order valence-electron chi connectivity index (χ1n) is 7.84. The minimum atomic E-state index is -0.264. The van der Waals surface area contributed by atoms with E-state index in [0.717, 1.165) is 38.2 Å². The maximum Gasteiger partial charge on any atom is 0.123 e. The highest BCUT2D eigenvalue weighted by atomic mass is 19.1. The summed E-state index contributed by atoms with van der Waals surface area (Å²) in [7, 11) is 0. The van der Waals surface area contributed by atoms with Gasteiger partial charge in [0.05, 0.1) is 11.6 Å². The molecule has 114 valence electrons. The zero-order chi connectivity index (χ0) is 15.1. The third-order valence-electron chi connectivity index (χ3n) is 4.04. The Balaban J connectivity index is 2.04. The Morgan fingerprint density at radius 2 is 2.33 bits per heavy atom. The summed E-state index contributed by atoms with van der Waals surface area (Å²) < 4.78 is 13.4. The molecular weight excluding hydrogens is 265 g/mol. The van der Waals surface area contributed by atoms with Crippen LogP contribution in [0, 0.1) is 23.1 Å². The maximum atomic E-state index is 13.4. The lowest BCUT2D eigenvalue weighted by molar-refractivity contribution is 0.201. The average Bonchev–Trinajstić information content (AvgIpc) is 2.49. The summed E-state index contributed by atoms with van der Waals surface area (Å²) in [5, 5.41) is 12.6. The monoisotopic (exact) mass is 289 g/mol. The van der Waals surface area contributed by atoms with E-state index in [9.17, 15) is 9.65 Å². The van der Waals surface area contributed by atoms with Crippen molar-refractivity contribution in [1.29, 1.82) is 5.26 Å². The molecule has 0 bridgehead atoms. The number of halogens is 1. The van der Waals surface area contributed by atoms with Crippen molar-refractivity contribution >= 4 is 0 Å². The fraction of sp³-hybridized carbons (Fsp3) is 0.588. The quantitative estimate of drug-likeness (QED) is 0.875. The minimum absolute atomic E-state index is 0.264. The molecule has 2 rings (SSSR count). The van der Waals surface area contributed by atoms with E-state index in [0.29, 0.717) is 18.0 Å². The minimum Gasteiger partial charge on any atom is -0.316 e. The molecule has 1 atom stereocenters. The van der Waals surface area contributed by atoms with Gasteiger partial charge in [-0.1, -0.05) is 6.92 Å². The SMILES string of the molecule is CCCN(Cc1cc(F)ccc1C#N)CC1CCCNC1. The molecule has 1 unspecified atom stereocenters. The van der Waals surface area contributed by atoms with Crippen LogP contribution < -0.4 is 5.32 Å². The number of nitriles is 1. The molecule has 1 aromatic rings. The predicted octanol–water partition coefficient (Wildman–Crippen LogP) is 2.91. The predicted molar refractivity (Wildman–Crippen MR) is 82.3 cm³/mol. The fourth-order valence-corrected chi connectivity index (χ4v) is 3.04. The molecule has 1 N–H and O–H groups in total. The summed E-state index contributed by atoms with van der Waals surface area (Å²) in [6.07, 6.45) is 3.55. The molecule has 1 fully saturated rings. The van der Waals surface area contributed by atoms with Crippen LogP contribution >= 0.6 is 0 Å². The second-order valence-electron chi connectivity index (χ2n) is 5.86. The Morgan fingerprint density at radius 3 is 3.00 bits per heavy atom. The molecule has 0 aliphatic carbocycles. The van der Waals surface area contributed by atoms with Gasteiger partial charge in [0.1, 0.15) is 5.82 Å². The molecule has 0 amide bonds. The van der Waals surface area contributed by atoms with E-state index in [4.69, 9.17) is 0 Å². The summed E-state index contributed by atoms with van der Waals surface area (Å²) in [5.41, 5.74) is 1.38. The highest BCUT2D eigenvalue weighted by molar-refractivity contribution is 5.37. The van der Waals surface area contributed by atoms with E-state index >= 15 is 0 Å². The van der Waals surface area contributed by atoms with Crippen molar-refractivity contribution < 1.29 is 4.39 Å². The van der Waals surface area contributed by atoms with Crippen molar-refractivity contribution in [1.82, 2.24) is 10.2 Å². The van der Waals surface area contributed by atoms with Crippen LogP contribution in [0.25, 0.3) is 0 Å². The molecular formula is C17H24FN3. The van der Waals surface area contributed by atoms with Gasteiger partial charge in [0.25, 0.3) is 0 Å². The fourth-order valence-electron chi connectivity index (χ4n) is 3.04. The van der Waals surface area contributed by atoms with E-state index in [1.54, 1.807) is 6.07 Å². The number of piperidine rings is 1. The molecule has 1 aromatic carbocycles. The Labute approximate surface area is 126 Å². The van der Waals surface area contributed by atoms with Crippen LogP contribution in [0.2, 0.25) is 0 Å². The largest absolute Gasteiger partial charge is 0.316 e. The van der Waals surface area contributed by atoms with Gasteiger partial charge < -0.3 is 5.32 Å². The topological polar surface area (TPSA) is 39.1 Å². The molecule has 4 heteroatoms. The molecule has 0 saturated carbocycles. The van der Waals surface area contributed by atoms with Crippen molar-refractivity contribution in [2.45, 2.75) is 32.7 Å². The van der Waals surface area contributed by atoms with E-state index in [1.807, 2.05) is 0 Å². The zero-order valence-corrected chi connectivity index (χ0v) is 12.7. The number of hydrogen-bond acceptors (Lipinski definition) is 3. The highest BCUT2D eigenvalue weighted by Gasteiger charge is 2.18. The lowest BCUT2D eigenvalue weighted by atomic mass is 9.98. The first kappa shape index (κ1) is 15.9. The van der Waals surface area contributed by atoms with Crippen LogP contribution in [0.5, 0.6) is 0 Å². The number of hydrogen-bond donors (Lipinski definition) is 1. The van der Waals surface area contributed by atoms with Crippen LogP contribution in [0.4, 0.5) is 4.39 Å². The highest BCUT2D eigenvalue weighted by Crippen LogP contribution is 2.17. The number of benzene rings is 1. The summed E-state index contributed by atoms with van der Waals surface area (Å²) >= 11 is 0. The number of nitrogens with one attached hydrogen (secondary N) is 1. The summed E-state index contributed by atoms with van der Waals surface area (Å²) in [4.78, 5) is 2.35. The molecule has 1 heterocycles. The Morgan fingerprint density at radius 1 is 1.48 bits per heavy atom. The second kappa shape index (κ2) is 8.11. The van der Waals surface area contributed by atoms with Crippen LogP contribution in [0.3, 0.4) is 0 Å². The zero-order valence-electron chi connectivity index (χ0n) is 12.7. The van der Waals surface area contributed by atoms with Gasteiger partial charge in [-0.3, -0.25) is 4.90 Å². The van der Waals surface area contributed by atoms with Gasteiger partial charge in [0.15, 0.2) is 0 Å². The molecule has 1 aliphatic rings. The third kappa shape index (κ3) is 4.80. The van der Waals surface area contributed by atoms with Crippen molar-refractivity contribution in [3.05, 3.63) is 35.1 Å². The van der Waals surface area contributed by atoms with Gasteiger partial charge >= 0.3 is 0 Å². The maximum absolute atomic E-state index is 13.4. The van der Waals surface area contributed by atoms with Crippen LogP contribution in [0.15, 0.2) is 18.2 Å². The number of nitrogens with zero attached hydrogens (tertiary/aromatic N) is 2. The van der Waals surface area contributed by atoms with E-state index in [2.05, 4.69) is 23.2 Å². The second-order valence-corrected chi connectivity index (χ2v) is 5.86. The van der Waals surface area contributed by atoms with Gasteiger partial charge in [0, 0.05) is 13.1 Å². The normalized spacial score (nSPS) is 18.7. The third-order valence-corrected chi connectivity index (χ3v) is 4.04. The summed E-state index contributed by atoms with van der Waals surface area (Å²) in [6.45, 7) is 7.00. The first-order chi connectivity index (χ1) is 10.2. The van der Waals surface area contributed by atoms with Crippen LogP contribution in [0.1, 0.15) is 37.3 Å². The number of rotatable bonds is 6. The van der Waals surface area contributed by atoms with Crippen molar-refractivity contribution in [3.8, 4) is 6.07 Å². The lowest BCUT2D eigenvalue weighted by Crippen LogP contribution is -2.38. The van der Waals surface area contributed by atoms with Crippen molar-refractivity contribution in [2.75, 3.05) is 26.2 Å². The Bertz CT molecular complexity index is 489. The standard InChI is InChI=1S/C17H24FN3/c1-2-8-21(12-14-4-3-7-20-11-14)13-16-9-17(18)6-5-15(16)10-19/h5-6,9,14,20H,2-4,7-8,11-13H2,1H3. The van der Waals surface area contributed by atoms with Gasteiger partial charge in [-0.25, -0.2) is 4.39 Å². The van der Waals surface area contributed by atoms with E-state index < -0.39 is 0 Å². The first-order valence-corrected chi connectivity index (χ1v) is 7.84. The molecule has 3 nitrogen and oxygen atoms in total. The molecule has 0 aromatic heterocycles. The molecule has 0 radical (unpaired) electrons. The smallest absolute Gasteiger partial charge is 0.123 e. The van der Waals surface area contributed by atoms with Gasteiger partial charge in [-0.2, -0.15) is 5.26 Å². The molecule has 1 saturated heterocycles. The molecule has 1 aliphatic heterocycles.